The Morgan fingerprint density at radius 2 is 1.61 bits per heavy atom. The molecule has 0 spiro atoms. The van der Waals surface area contributed by atoms with Crippen molar-refractivity contribution in [3.63, 3.8) is 0 Å². The third-order valence-corrected chi connectivity index (χ3v) is 3.99. The number of benzene rings is 2. The third kappa shape index (κ3) is 5.51. The molecule has 0 saturated heterocycles. The van der Waals surface area contributed by atoms with Crippen LogP contribution in [0.15, 0.2) is 42.5 Å². The lowest BCUT2D eigenvalue weighted by atomic mass is 9.82. The van der Waals surface area contributed by atoms with E-state index in [1.54, 1.807) is 0 Å². The van der Waals surface area contributed by atoms with E-state index in [4.69, 9.17) is 12.2 Å². The Bertz CT molecular complexity index is 678. The van der Waals surface area contributed by atoms with Crippen molar-refractivity contribution in [2.45, 2.75) is 53.1 Å². The molecule has 23 heavy (non-hydrogen) atoms. The molecule has 0 atom stereocenters. The Labute approximate surface area is 145 Å². The Morgan fingerprint density at radius 1 is 0.957 bits per heavy atom. The molecule has 0 aliphatic rings. The van der Waals surface area contributed by atoms with E-state index in [1.807, 2.05) is 0 Å². The molecule has 0 bridgehead atoms. The van der Waals surface area contributed by atoms with E-state index in [-0.39, 0.29) is 11.0 Å². The maximum atomic E-state index is 5.49. The Hall–Kier alpha value is -1.61. The summed E-state index contributed by atoms with van der Waals surface area (Å²) in [5.41, 5.74) is 1.50. The van der Waals surface area contributed by atoms with Gasteiger partial charge in [-0.2, -0.15) is 0 Å². The molecule has 0 heterocycles. The minimum absolute atomic E-state index is 0.0267. The molecular weight excluding hydrogens is 300 g/mol. The van der Waals surface area contributed by atoms with Crippen molar-refractivity contribution in [3.8, 4) is 0 Å². The van der Waals surface area contributed by atoms with Crippen molar-refractivity contribution in [3.05, 3.63) is 48.0 Å². The highest BCUT2D eigenvalue weighted by Crippen LogP contribution is 2.26. The predicted octanol–water partition coefficient (Wildman–Crippen LogP) is 5.02. The maximum absolute atomic E-state index is 5.49. The first kappa shape index (κ1) is 17.7. The number of rotatable bonds is 4. The zero-order chi connectivity index (χ0) is 17.1. The summed E-state index contributed by atoms with van der Waals surface area (Å²) in [6.45, 7) is 11.9. The van der Waals surface area contributed by atoms with Crippen LogP contribution in [-0.2, 0) is 6.54 Å². The van der Waals surface area contributed by atoms with E-state index >= 15 is 0 Å². The van der Waals surface area contributed by atoms with E-state index < -0.39 is 0 Å². The van der Waals surface area contributed by atoms with Crippen LogP contribution in [0, 0.1) is 5.41 Å². The van der Waals surface area contributed by atoms with Gasteiger partial charge in [-0.1, -0.05) is 63.2 Å². The van der Waals surface area contributed by atoms with Crippen LogP contribution in [-0.4, -0.2) is 10.7 Å². The average molecular weight is 329 g/mol. The van der Waals surface area contributed by atoms with Crippen molar-refractivity contribution in [1.82, 2.24) is 10.6 Å². The minimum atomic E-state index is -0.0267. The lowest BCUT2D eigenvalue weighted by Gasteiger charge is -2.34. The molecule has 0 saturated carbocycles. The zero-order valence-electron chi connectivity index (χ0n) is 14.9. The molecule has 0 fully saturated rings. The van der Waals surface area contributed by atoms with E-state index in [2.05, 4.69) is 87.7 Å². The summed E-state index contributed by atoms with van der Waals surface area (Å²) in [7, 11) is 0. The summed E-state index contributed by atoms with van der Waals surface area (Å²) in [5.74, 6) is 0. The van der Waals surface area contributed by atoms with Gasteiger partial charge in [0.2, 0.25) is 0 Å². The molecular formula is C20H28N2S. The molecule has 0 radical (unpaired) electrons. The molecule has 0 amide bonds. The highest BCUT2D eigenvalue weighted by atomic mass is 32.1. The topological polar surface area (TPSA) is 24.1 Å². The van der Waals surface area contributed by atoms with Crippen LogP contribution in [0.3, 0.4) is 0 Å². The number of hydrogen-bond acceptors (Lipinski definition) is 1. The predicted molar refractivity (Wildman–Crippen MR) is 105 cm³/mol. The first-order chi connectivity index (χ1) is 10.7. The highest BCUT2D eigenvalue weighted by molar-refractivity contribution is 7.80. The monoisotopic (exact) mass is 328 g/mol. The Morgan fingerprint density at radius 3 is 2.30 bits per heavy atom. The van der Waals surface area contributed by atoms with Crippen LogP contribution in [0.1, 0.15) is 46.6 Å². The van der Waals surface area contributed by atoms with Crippen LogP contribution in [0.2, 0.25) is 0 Å². The molecule has 0 unspecified atom stereocenters. The van der Waals surface area contributed by atoms with Crippen molar-refractivity contribution >= 4 is 28.1 Å². The molecule has 2 rings (SSSR count). The maximum Gasteiger partial charge on any atom is 0.166 e. The first-order valence-electron chi connectivity index (χ1n) is 8.19. The summed E-state index contributed by atoms with van der Waals surface area (Å²) >= 11 is 5.49. The molecule has 2 aromatic carbocycles. The van der Waals surface area contributed by atoms with Gasteiger partial charge < -0.3 is 10.6 Å². The largest absolute Gasteiger partial charge is 0.359 e. The van der Waals surface area contributed by atoms with Crippen molar-refractivity contribution in [2.75, 3.05) is 0 Å². The van der Waals surface area contributed by atoms with Gasteiger partial charge in [-0.05, 0) is 54.2 Å². The molecule has 2 nitrogen and oxygen atoms in total. The van der Waals surface area contributed by atoms with Crippen molar-refractivity contribution in [2.24, 2.45) is 5.41 Å². The minimum Gasteiger partial charge on any atom is -0.359 e. The van der Waals surface area contributed by atoms with Gasteiger partial charge in [0, 0.05) is 12.1 Å². The zero-order valence-corrected chi connectivity index (χ0v) is 15.7. The highest BCUT2D eigenvalue weighted by Gasteiger charge is 2.25. The van der Waals surface area contributed by atoms with E-state index in [0.717, 1.165) is 13.0 Å². The van der Waals surface area contributed by atoms with Gasteiger partial charge >= 0.3 is 0 Å². The first-order valence-corrected chi connectivity index (χ1v) is 8.60. The smallest absolute Gasteiger partial charge is 0.166 e. The van der Waals surface area contributed by atoms with Gasteiger partial charge in [0.05, 0.1) is 0 Å². The van der Waals surface area contributed by atoms with Crippen LogP contribution in [0.4, 0.5) is 0 Å². The second-order valence-corrected chi connectivity index (χ2v) is 8.48. The summed E-state index contributed by atoms with van der Waals surface area (Å²) in [4.78, 5) is 0. The van der Waals surface area contributed by atoms with Crippen LogP contribution < -0.4 is 10.6 Å². The fourth-order valence-corrected chi connectivity index (χ4v) is 3.69. The Balaban J connectivity index is 1.99. The van der Waals surface area contributed by atoms with Gasteiger partial charge in [-0.3, -0.25) is 0 Å². The fraction of sp³-hybridized carbons (Fsp3) is 0.450. The van der Waals surface area contributed by atoms with E-state index in [0.29, 0.717) is 5.11 Å². The van der Waals surface area contributed by atoms with Crippen molar-refractivity contribution < 1.29 is 0 Å². The summed E-state index contributed by atoms with van der Waals surface area (Å²) < 4.78 is 0. The molecule has 0 aromatic heterocycles. The lowest BCUT2D eigenvalue weighted by Crippen LogP contribution is -2.49. The van der Waals surface area contributed by atoms with Crippen molar-refractivity contribution in [1.29, 1.82) is 0 Å². The third-order valence-electron chi connectivity index (χ3n) is 3.74. The number of nitrogens with one attached hydrogen (secondary N) is 2. The summed E-state index contributed by atoms with van der Waals surface area (Å²) in [6, 6.07) is 14.8. The fourth-order valence-electron chi connectivity index (χ4n) is 3.34. The lowest BCUT2D eigenvalue weighted by molar-refractivity contribution is 0.266. The van der Waals surface area contributed by atoms with Gasteiger partial charge in [-0.25, -0.2) is 0 Å². The van der Waals surface area contributed by atoms with Gasteiger partial charge in [0.1, 0.15) is 0 Å². The molecule has 0 aliphatic heterocycles. The van der Waals surface area contributed by atoms with E-state index in [1.165, 1.54) is 16.3 Å². The van der Waals surface area contributed by atoms with Crippen LogP contribution >= 0.6 is 12.2 Å². The second kappa shape index (κ2) is 6.88. The molecule has 2 aromatic rings. The summed E-state index contributed by atoms with van der Waals surface area (Å²) in [5, 5.41) is 10.1. The van der Waals surface area contributed by atoms with E-state index in [9.17, 15) is 0 Å². The standard InChI is InChI=1S/C20H28N2S/c1-19(2,3)14-20(4,5)22-18(23)21-13-16-11-8-10-15-9-6-7-12-17(15)16/h6-12H,13-14H2,1-5H3,(H2,21,22,23). The Kier molecular flexibility index (Phi) is 5.30. The van der Waals surface area contributed by atoms with Gasteiger partial charge in [0.15, 0.2) is 5.11 Å². The number of fused-ring (bicyclic) bond motifs is 1. The molecule has 3 heteroatoms. The molecule has 124 valence electrons. The second-order valence-electron chi connectivity index (χ2n) is 8.07. The number of hydrogen-bond donors (Lipinski definition) is 2. The molecule has 2 N–H and O–H groups in total. The van der Waals surface area contributed by atoms with Crippen LogP contribution in [0.5, 0.6) is 0 Å². The normalized spacial score (nSPS) is 12.2. The van der Waals surface area contributed by atoms with Crippen LogP contribution in [0.25, 0.3) is 10.8 Å². The number of thiocarbonyl (C=S) groups is 1. The summed E-state index contributed by atoms with van der Waals surface area (Å²) in [6.07, 6.45) is 1.05. The van der Waals surface area contributed by atoms with Gasteiger partial charge in [-0.15, -0.1) is 0 Å². The SMILES string of the molecule is CC(C)(C)CC(C)(C)NC(=S)NCc1cccc2ccccc12. The van der Waals surface area contributed by atoms with Gasteiger partial charge in [0.25, 0.3) is 0 Å². The average Bonchev–Trinajstić information content (AvgIpc) is 2.41. The quantitative estimate of drug-likeness (QED) is 0.771. The molecule has 0 aliphatic carbocycles.